The number of nitrogens with one attached hydrogen (secondary N) is 1. The van der Waals surface area contributed by atoms with E-state index in [-0.39, 0.29) is 0 Å². The van der Waals surface area contributed by atoms with E-state index in [0.717, 1.165) is 18.3 Å². The highest BCUT2D eigenvalue weighted by molar-refractivity contribution is 5.36. The lowest BCUT2D eigenvalue weighted by molar-refractivity contribution is 0.117. The molecule has 1 saturated heterocycles. The van der Waals surface area contributed by atoms with Gasteiger partial charge in [0.2, 0.25) is 0 Å². The van der Waals surface area contributed by atoms with Gasteiger partial charge in [0.25, 0.3) is 0 Å². The lowest BCUT2D eigenvalue weighted by Crippen LogP contribution is -2.41. The van der Waals surface area contributed by atoms with Crippen molar-refractivity contribution in [1.29, 1.82) is 0 Å². The predicted octanol–water partition coefficient (Wildman–Crippen LogP) is 2.83. The first kappa shape index (κ1) is 13.9. The molecule has 2 aliphatic rings. The maximum absolute atomic E-state index is 5.59. The first-order valence-electron chi connectivity index (χ1n) is 7.86. The maximum Gasteiger partial charge on any atom is 0.123 e. The predicted molar refractivity (Wildman–Crippen MR) is 82.1 cm³/mol. The van der Waals surface area contributed by atoms with Crippen LogP contribution in [-0.4, -0.2) is 38.2 Å². The number of ether oxygens (including phenoxy) is 1. The minimum absolute atomic E-state index is 0.478. The molecule has 2 fully saturated rings. The number of hydrogen-bond acceptors (Lipinski definition) is 3. The molecule has 1 aromatic carbocycles. The second kappa shape index (κ2) is 6.15. The van der Waals surface area contributed by atoms with Gasteiger partial charge in [-0.25, -0.2) is 0 Å². The van der Waals surface area contributed by atoms with Crippen molar-refractivity contribution in [3.05, 3.63) is 29.8 Å². The molecule has 3 nitrogen and oxygen atoms in total. The van der Waals surface area contributed by atoms with E-state index in [1.165, 1.54) is 37.8 Å². The normalized spacial score (nSPS) is 27.5. The van der Waals surface area contributed by atoms with Gasteiger partial charge in [-0.1, -0.05) is 18.2 Å². The van der Waals surface area contributed by atoms with E-state index in [2.05, 4.69) is 41.5 Å². The monoisotopic (exact) mass is 274 g/mol. The Kier molecular flexibility index (Phi) is 4.27. The van der Waals surface area contributed by atoms with Gasteiger partial charge in [-0.3, -0.25) is 4.90 Å². The number of likely N-dealkylation sites (tertiary alicyclic amines) is 1. The van der Waals surface area contributed by atoms with Crippen molar-refractivity contribution >= 4 is 0 Å². The molecule has 20 heavy (non-hydrogen) atoms. The van der Waals surface area contributed by atoms with E-state index in [0.29, 0.717) is 12.0 Å². The second-order valence-electron chi connectivity index (χ2n) is 6.25. The van der Waals surface area contributed by atoms with E-state index in [1.807, 2.05) is 0 Å². The van der Waals surface area contributed by atoms with Crippen molar-refractivity contribution in [2.24, 2.45) is 5.92 Å². The molecule has 2 unspecified atom stereocenters. The van der Waals surface area contributed by atoms with Gasteiger partial charge in [-0.15, -0.1) is 0 Å². The highest BCUT2D eigenvalue weighted by Gasteiger charge is 2.33. The molecule has 3 rings (SSSR count). The number of benzene rings is 1. The van der Waals surface area contributed by atoms with Crippen LogP contribution in [0.1, 0.15) is 37.3 Å². The number of nitrogens with zero attached hydrogens (tertiary/aromatic N) is 1. The Morgan fingerprint density at radius 2 is 2.05 bits per heavy atom. The summed E-state index contributed by atoms with van der Waals surface area (Å²) in [6, 6.07) is 9.78. The highest BCUT2D eigenvalue weighted by atomic mass is 16.5. The summed E-state index contributed by atoms with van der Waals surface area (Å²) in [6.07, 6.45) is 5.34. The van der Waals surface area contributed by atoms with Crippen molar-refractivity contribution in [3.63, 3.8) is 0 Å². The molecule has 1 aromatic rings. The Labute approximate surface area is 122 Å². The number of piperidine rings is 1. The minimum Gasteiger partial charge on any atom is -0.496 e. The summed E-state index contributed by atoms with van der Waals surface area (Å²) in [5.74, 6) is 1.72. The Morgan fingerprint density at radius 3 is 2.80 bits per heavy atom. The fourth-order valence-electron chi connectivity index (χ4n) is 3.48. The van der Waals surface area contributed by atoms with Crippen molar-refractivity contribution in [3.8, 4) is 5.75 Å². The molecule has 110 valence electrons. The van der Waals surface area contributed by atoms with Crippen LogP contribution in [0.25, 0.3) is 0 Å². The van der Waals surface area contributed by atoms with Crippen LogP contribution in [0.2, 0.25) is 0 Å². The summed E-state index contributed by atoms with van der Waals surface area (Å²) in [5, 5.41) is 3.72. The number of rotatable bonds is 5. The summed E-state index contributed by atoms with van der Waals surface area (Å²) >= 11 is 0. The Morgan fingerprint density at radius 1 is 1.25 bits per heavy atom. The van der Waals surface area contributed by atoms with Crippen LogP contribution in [0, 0.1) is 5.92 Å². The van der Waals surface area contributed by atoms with Crippen LogP contribution in [0.15, 0.2) is 24.3 Å². The zero-order valence-electron chi connectivity index (χ0n) is 12.6. The standard InChI is InChI=1S/C17H26N2O/c1-19-11-5-6-13(12-18-14-9-10-14)17(19)15-7-3-4-8-16(15)20-2/h3-4,7-8,13-14,17-18H,5-6,9-12H2,1-2H3. The summed E-state index contributed by atoms with van der Waals surface area (Å²) in [7, 11) is 4.03. The summed E-state index contributed by atoms with van der Waals surface area (Å²) in [5.41, 5.74) is 1.35. The molecule has 2 atom stereocenters. The minimum atomic E-state index is 0.478. The fourth-order valence-corrected chi connectivity index (χ4v) is 3.48. The summed E-state index contributed by atoms with van der Waals surface area (Å²) < 4.78 is 5.59. The Balaban J connectivity index is 1.80. The van der Waals surface area contributed by atoms with Gasteiger partial charge in [-0.2, -0.15) is 0 Å². The molecule has 3 heteroatoms. The number of methoxy groups -OCH3 is 1. The molecule has 0 bridgehead atoms. The SMILES string of the molecule is COc1ccccc1C1C(CNC2CC2)CCCN1C. The molecule has 1 saturated carbocycles. The van der Waals surface area contributed by atoms with Gasteiger partial charge in [0.1, 0.15) is 5.75 Å². The molecule has 0 radical (unpaired) electrons. The summed E-state index contributed by atoms with van der Waals surface area (Å²) in [4.78, 5) is 2.50. The molecule has 0 amide bonds. The quantitative estimate of drug-likeness (QED) is 0.893. The Hall–Kier alpha value is -1.06. The van der Waals surface area contributed by atoms with E-state index in [1.54, 1.807) is 7.11 Å². The molecule has 0 spiro atoms. The third kappa shape index (κ3) is 2.99. The molecular formula is C17H26N2O. The topological polar surface area (TPSA) is 24.5 Å². The second-order valence-corrected chi connectivity index (χ2v) is 6.25. The van der Waals surface area contributed by atoms with Crippen LogP contribution in [0.5, 0.6) is 5.75 Å². The molecule has 1 heterocycles. The van der Waals surface area contributed by atoms with Crippen molar-refractivity contribution in [2.75, 3.05) is 27.2 Å². The van der Waals surface area contributed by atoms with Gasteiger partial charge in [0.05, 0.1) is 7.11 Å². The fraction of sp³-hybridized carbons (Fsp3) is 0.647. The van der Waals surface area contributed by atoms with Crippen LogP contribution >= 0.6 is 0 Å². The van der Waals surface area contributed by atoms with Crippen LogP contribution in [0.4, 0.5) is 0 Å². The molecule has 1 aliphatic heterocycles. The van der Waals surface area contributed by atoms with Crippen LogP contribution in [0.3, 0.4) is 0 Å². The maximum atomic E-state index is 5.59. The smallest absolute Gasteiger partial charge is 0.123 e. The lowest BCUT2D eigenvalue weighted by Gasteiger charge is -2.40. The molecule has 0 aromatic heterocycles. The van der Waals surface area contributed by atoms with E-state index >= 15 is 0 Å². The van der Waals surface area contributed by atoms with Gasteiger partial charge in [0, 0.05) is 24.2 Å². The summed E-state index contributed by atoms with van der Waals surface area (Å²) in [6.45, 7) is 2.32. The van der Waals surface area contributed by atoms with Gasteiger partial charge in [-0.05, 0) is 51.3 Å². The average Bonchev–Trinajstić information content (AvgIpc) is 3.29. The van der Waals surface area contributed by atoms with Crippen molar-refractivity contribution < 1.29 is 4.74 Å². The van der Waals surface area contributed by atoms with Crippen molar-refractivity contribution in [1.82, 2.24) is 10.2 Å². The van der Waals surface area contributed by atoms with Gasteiger partial charge >= 0.3 is 0 Å². The largest absolute Gasteiger partial charge is 0.496 e. The first-order chi connectivity index (χ1) is 9.79. The molecule has 1 aliphatic carbocycles. The zero-order valence-corrected chi connectivity index (χ0v) is 12.6. The number of hydrogen-bond donors (Lipinski definition) is 1. The number of para-hydroxylation sites is 1. The third-order valence-corrected chi connectivity index (χ3v) is 4.71. The van der Waals surface area contributed by atoms with E-state index < -0.39 is 0 Å². The lowest BCUT2D eigenvalue weighted by atomic mass is 9.84. The molecule has 1 N–H and O–H groups in total. The van der Waals surface area contributed by atoms with Crippen LogP contribution < -0.4 is 10.1 Å². The third-order valence-electron chi connectivity index (χ3n) is 4.71. The Bertz CT molecular complexity index is 444. The molecular weight excluding hydrogens is 248 g/mol. The van der Waals surface area contributed by atoms with E-state index in [9.17, 15) is 0 Å². The van der Waals surface area contributed by atoms with Gasteiger partial charge < -0.3 is 10.1 Å². The van der Waals surface area contributed by atoms with E-state index in [4.69, 9.17) is 4.74 Å². The zero-order chi connectivity index (χ0) is 13.9. The van der Waals surface area contributed by atoms with Crippen LogP contribution in [-0.2, 0) is 0 Å². The van der Waals surface area contributed by atoms with Crippen molar-refractivity contribution in [2.45, 2.75) is 37.8 Å². The average molecular weight is 274 g/mol. The highest BCUT2D eigenvalue weighted by Crippen LogP contribution is 2.39. The first-order valence-corrected chi connectivity index (χ1v) is 7.86. The van der Waals surface area contributed by atoms with Gasteiger partial charge in [0.15, 0.2) is 0 Å².